The molecule has 2 unspecified atom stereocenters. The third-order valence-corrected chi connectivity index (χ3v) is 7.72. The van der Waals surface area contributed by atoms with Crippen molar-refractivity contribution in [3.05, 3.63) is 67.0 Å². The third-order valence-electron chi connectivity index (χ3n) is 7.72. The molecular weight excluding hydrogens is 488 g/mol. The van der Waals surface area contributed by atoms with Crippen LogP contribution in [0.5, 0.6) is 0 Å². The summed E-state index contributed by atoms with van der Waals surface area (Å²) in [6.45, 7) is 8.02. The zero-order valence-electron chi connectivity index (χ0n) is 22.9. The van der Waals surface area contributed by atoms with Crippen LogP contribution in [-0.2, 0) is 9.53 Å². The van der Waals surface area contributed by atoms with E-state index in [9.17, 15) is 4.79 Å². The number of hydrogen-bond donors (Lipinski definition) is 1. The fourth-order valence-electron chi connectivity index (χ4n) is 5.54. The van der Waals surface area contributed by atoms with Crippen LogP contribution in [0.25, 0.3) is 10.9 Å². The molecule has 8 nitrogen and oxygen atoms in total. The first-order valence-electron chi connectivity index (χ1n) is 14.0. The third kappa shape index (κ3) is 4.96. The molecule has 8 heteroatoms. The molecule has 1 N–H and O–H groups in total. The Labute approximate surface area is 229 Å². The van der Waals surface area contributed by atoms with Gasteiger partial charge in [0, 0.05) is 36.0 Å². The van der Waals surface area contributed by atoms with Crippen molar-refractivity contribution in [2.24, 2.45) is 5.92 Å². The summed E-state index contributed by atoms with van der Waals surface area (Å²) in [5, 5.41) is 9.17. The molecule has 4 heterocycles. The van der Waals surface area contributed by atoms with E-state index in [-0.39, 0.29) is 18.2 Å². The SMILES string of the molecule is CC(C)CCN1c2cc(Nc3ccc4c(cnn4C4CCCCO4)c3)ncc2N(c2ccccc2)C(=O)C1C. The second-order valence-corrected chi connectivity index (χ2v) is 10.9. The van der Waals surface area contributed by atoms with Crippen molar-refractivity contribution in [2.45, 2.75) is 58.7 Å². The summed E-state index contributed by atoms with van der Waals surface area (Å²) in [4.78, 5) is 22.3. The Morgan fingerprint density at radius 2 is 1.90 bits per heavy atom. The predicted octanol–water partition coefficient (Wildman–Crippen LogP) is 6.79. The van der Waals surface area contributed by atoms with Gasteiger partial charge in [0.15, 0.2) is 6.23 Å². The number of aromatic nitrogens is 3. The number of benzene rings is 2. The van der Waals surface area contributed by atoms with Crippen LogP contribution in [0.3, 0.4) is 0 Å². The van der Waals surface area contributed by atoms with Crippen LogP contribution < -0.4 is 15.1 Å². The Kier molecular flexibility index (Phi) is 6.95. The van der Waals surface area contributed by atoms with Gasteiger partial charge in [0.25, 0.3) is 5.91 Å². The van der Waals surface area contributed by atoms with Gasteiger partial charge in [-0.2, -0.15) is 5.10 Å². The van der Waals surface area contributed by atoms with Gasteiger partial charge in [-0.15, -0.1) is 0 Å². The highest BCUT2D eigenvalue weighted by molar-refractivity contribution is 6.10. The number of anilines is 5. The molecule has 1 amide bonds. The lowest BCUT2D eigenvalue weighted by Gasteiger charge is -2.42. The average Bonchev–Trinajstić information content (AvgIpc) is 3.38. The quantitative estimate of drug-likeness (QED) is 0.287. The Morgan fingerprint density at radius 1 is 1.05 bits per heavy atom. The van der Waals surface area contributed by atoms with Gasteiger partial charge in [-0.3, -0.25) is 9.69 Å². The summed E-state index contributed by atoms with van der Waals surface area (Å²) < 4.78 is 7.95. The summed E-state index contributed by atoms with van der Waals surface area (Å²) >= 11 is 0. The number of pyridine rings is 1. The Hall–Kier alpha value is -3.91. The first kappa shape index (κ1) is 25.4. The van der Waals surface area contributed by atoms with Gasteiger partial charge in [0.2, 0.25) is 0 Å². The van der Waals surface area contributed by atoms with Crippen molar-refractivity contribution >= 4 is 45.4 Å². The minimum absolute atomic E-state index is 0.00598. The van der Waals surface area contributed by atoms with Crippen LogP contribution >= 0.6 is 0 Å². The lowest BCUT2D eigenvalue weighted by atomic mass is 10.0. The molecule has 0 bridgehead atoms. The van der Waals surface area contributed by atoms with Crippen molar-refractivity contribution in [1.29, 1.82) is 0 Å². The Balaban J connectivity index is 1.32. The minimum atomic E-state index is -0.282. The number of nitrogens with one attached hydrogen (secondary N) is 1. The maximum atomic E-state index is 13.6. The van der Waals surface area contributed by atoms with E-state index in [4.69, 9.17) is 9.72 Å². The van der Waals surface area contributed by atoms with Gasteiger partial charge in [-0.25, -0.2) is 9.67 Å². The zero-order chi connectivity index (χ0) is 26.9. The number of carbonyl (C=O) groups is 1. The molecule has 2 aromatic heterocycles. The second-order valence-electron chi connectivity index (χ2n) is 10.9. The van der Waals surface area contributed by atoms with Gasteiger partial charge < -0.3 is 15.0 Å². The Bertz CT molecular complexity index is 1460. The van der Waals surface area contributed by atoms with E-state index in [0.717, 1.165) is 78.3 Å². The molecule has 2 aliphatic heterocycles. The first-order valence-corrected chi connectivity index (χ1v) is 14.0. The molecule has 1 fully saturated rings. The highest BCUT2D eigenvalue weighted by atomic mass is 16.5. The largest absolute Gasteiger partial charge is 0.358 e. The molecule has 0 aliphatic carbocycles. The van der Waals surface area contributed by atoms with E-state index in [0.29, 0.717) is 5.92 Å². The van der Waals surface area contributed by atoms with Crippen LogP contribution in [-0.4, -0.2) is 39.9 Å². The number of para-hydroxylation sites is 1. The van der Waals surface area contributed by atoms with Crippen molar-refractivity contribution in [1.82, 2.24) is 14.8 Å². The second kappa shape index (κ2) is 10.7. The molecule has 2 aliphatic rings. The smallest absolute Gasteiger partial charge is 0.254 e. The molecule has 2 aromatic carbocycles. The minimum Gasteiger partial charge on any atom is -0.358 e. The van der Waals surface area contributed by atoms with Crippen molar-refractivity contribution < 1.29 is 9.53 Å². The fraction of sp³-hybridized carbons (Fsp3) is 0.387. The molecule has 6 rings (SSSR count). The number of carbonyl (C=O) groups excluding carboxylic acids is 1. The van der Waals surface area contributed by atoms with Crippen LogP contribution in [0, 0.1) is 5.92 Å². The Morgan fingerprint density at radius 3 is 2.67 bits per heavy atom. The summed E-state index contributed by atoms with van der Waals surface area (Å²) in [5.74, 6) is 1.33. The van der Waals surface area contributed by atoms with Gasteiger partial charge in [0.1, 0.15) is 11.9 Å². The van der Waals surface area contributed by atoms with E-state index in [2.05, 4.69) is 53.4 Å². The molecular formula is C31H36N6O2. The molecule has 0 saturated carbocycles. The molecule has 39 heavy (non-hydrogen) atoms. The van der Waals surface area contributed by atoms with Crippen LogP contribution in [0.4, 0.5) is 28.6 Å². The molecule has 0 radical (unpaired) electrons. The maximum Gasteiger partial charge on any atom is 0.254 e. The van der Waals surface area contributed by atoms with Gasteiger partial charge >= 0.3 is 0 Å². The number of amides is 1. The van der Waals surface area contributed by atoms with Gasteiger partial charge in [-0.05, 0) is 68.9 Å². The summed E-state index contributed by atoms with van der Waals surface area (Å²) in [6, 6.07) is 17.9. The summed E-state index contributed by atoms with van der Waals surface area (Å²) in [7, 11) is 0. The van der Waals surface area contributed by atoms with Crippen molar-refractivity contribution in [2.75, 3.05) is 28.3 Å². The molecule has 1 saturated heterocycles. The van der Waals surface area contributed by atoms with Crippen LogP contribution in [0.2, 0.25) is 0 Å². The molecule has 2 atom stereocenters. The number of hydrogen-bond acceptors (Lipinski definition) is 6. The zero-order valence-corrected chi connectivity index (χ0v) is 22.9. The van der Waals surface area contributed by atoms with Crippen LogP contribution in [0.15, 0.2) is 67.0 Å². The van der Waals surface area contributed by atoms with Crippen LogP contribution in [0.1, 0.15) is 52.7 Å². The highest BCUT2D eigenvalue weighted by Gasteiger charge is 2.36. The number of nitrogens with zero attached hydrogens (tertiary/aromatic N) is 5. The van der Waals surface area contributed by atoms with E-state index >= 15 is 0 Å². The standard InChI is InChI=1S/C31H36N6O2/c1-21(2)14-15-35-22(3)31(38)36(25-9-5-4-6-10-25)28-20-32-29(18-27(28)35)34-24-12-13-26-23(17-24)19-33-37(26)30-11-7-8-16-39-30/h4-6,9-10,12-13,17-22,30H,7-8,11,14-16H2,1-3H3,(H,32,34). The number of ether oxygens (including phenoxy) is 1. The van der Waals surface area contributed by atoms with Gasteiger partial charge in [-0.1, -0.05) is 32.0 Å². The predicted molar refractivity (Wildman–Crippen MR) is 156 cm³/mol. The van der Waals surface area contributed by atoms with E-state index in [1.54, 1.807) is 4.90 Å². The number of fused-ring (bicyclic) bond motifs is 2. The molecule has 4 aromatic rings. The average molecular weight is 525 g/mol. The van der Waals surface area contributed by atoms with Crippen molar-refractivity contribution in [3.8, 4) is 0 Å². The topological polar surface area (TPSA) is 75.5 Å². The maximum absolute atomic E-state index is 13.6. The van der Waals surface area contributed by atoms with E-state index < -0.39 is 0 Å². The van der Waals surface area contributed by atoms with Crippen molar-refractivity contribution in [3.63, 3.8) is 0 Å². The monoisotopic (exact) mass is 524 g/mol. The normalized spacial score (nSPS) is 19.5. The molecule has 0 spiro atoms. The van der Waals surface area contributed by atoms with E-state index in [1.807, 2.05) is 54.3 Å². The summed E-state index contributed by atoms with van der Waals surface area (Å²) in [5.41, 5.74) is 4.67. The molecule has 202 valence electrons. The first-order chi connectivity index (χ1) is 19.0. The number of rotatable bonds is 7. The van der Waals surface area contributed by atoms with E-state index in [1.165, 1.54) is 0 Å². The summed E-state index contributed by atoms with van der Waals surface area (Å²) in [6.07, 6.45) is 7.98. The lowest BCUT2D eigenvalue weighted by molar-refractivity contribution is -0.119. The van der Waals surface area contributed by atoms with Gasteiger partial charge in [0.05, 0.1) is 29.3 Å². The highest BCUT2D eigenvalue weighted by Crippen LogP contribution is 2.41. The lowest BCUT2D eigenvalue weighted by Crippen LogP contribution is -2.51. The fourth-order valence-corrected chi connectivity index (χ4v) is 5.54.